The summed E-state index contributed by atoms with van der Waals surface area (Å²) in [4.78, 5) is 43.8. The number of nitrogens with zero attached hydrogens (tertiary/aromatic N) is 6. The molecule has 1 atom stereocenters. The molecule has 2 aromatic heterocycles. The maximum Gasteiger partial charge on any atom is 0.321 e. The second-order valence-corrected chi connectivity index (χ2v) is 10.3. The van der Waals surface area contributed by atoms with Crippen LogP contribution in [0.15, 0.2) is 67.3 Å². The first kappa shape index (κ1) is 30.1. The molecule has 0 spiro atoms. The first-order valence-electron chi connectivity index (χ1n) is 14.1. The number of rotatable bonds is 10. The molecular weight excluding hydrogens is 564 g/mol. The molecule has 1 fully saturated rings. The number of anilines is 2. The zero-order chi connectivity index (χ0) is 31.1. The number of carbonyl (C=O) groups excluding carboxylic acids is 2. The highest BCUT2D eigenvalue weighted by molar-refractivity contribution is 5.89. The van der Waals surface area contributed by atoms with Gasteiger partial charge in [0.1, 0.15) is 17.9 Å². The van der Waals surface area contributed by atoms with Crippen LogP contribution in [0, 0.1) is 6.92 Å². The van der Waals surface area contributed by atoms with Crippen molar-refractivity contribution in [3.8, 4) is 23.2 Å². The van der Waals surface area contributed by atoms with Gasteiger partial charge in [0.15, 0.2) is 11.5 Å². The van der Waals surface area contributed by atoms with Crippen molar-refractivity contribution >= 4 is 23.4 Å². The lowest BCUT2D eigenvalue weighted by Gasteiger charge is -2.42. The molecule has 1 aliphatic heterocycles. The number of aryl methyl sites for hydroxylation is 1. The smallest absolute Gasteiger partial charge is 0.321 e. The molecule has 3 heterocycles. The van der Waals surface area contributed by atoms with Crippen LogP contribution in [0.5, 0.6) is 17.2 Å². The van der Waals surface area contributed by atoms with Gasteiger partial charge >= 0.3 is 6.03 Å². The van der Waals surface area contributed by atoms with E-state index in [2.05, 4.69) is 25.5 Å². The van der Waals surface area contributed by atoms with Crippen LogP contribution in [0.2, 0.25) is 0 Å². The summed E-state index contributed by atoms with van der Waals surface area (Å²) < 4.78 is 17.7. The number of benzene rings is 2. The van der Waals surface area contributed by atoms with Crippen molar-refractivity contribution in [2.24, 2.45) is 0 Å². The molecule has 4 aromatic rings. The summed E-state index contributed by atoms with van der Waals surface area (Å²) in [6.45, 7) is 3.44. The molecule has 1 saturated heterocycles. The van der Waals surface area contributed by atoms with Crippen LogP contribution >= 0.6 is 0 Å². The lowest BCUT2D eigenvalue weighted by molar-refractivity contribution is -0.121. The number of urea groups is 1. The van der Waals surface area contributed by atoms with E-state index in [4.69, 9.17) is 19.2 Å². The molecule has 2 aromatic carbocycles. The van der Waals surface area contributed by atoms with Gasteiger partial charge in [0, 0.05) is 62.4 Å². The molecule has 2 N–H and O–H groups in total. The summed E-state index contributed by atoms with van der Waals surface area (Å²) in [6.07, 6.45) is 5.22. The Morgan fingerprint density at radius 3 is 2.45 bits per heavy atom. The fraction of sp³-hybridized carbons (Fsp3) is 0.323. The Morgan fingerprint density at radius 2 is 1.75 bits per heavy atom. The number of hydrogen-bond donors (Lipinski definition) is 2. The Bertz CT molecular complexity index is 1580. The van der Waals surface area contributed by atoms with Crippen molar-refractivity contribution < 1.29 is 23.8 Å². The van der Waals surface area contributed by atoms with E-state index in [1.807, 2.05) is 25.1 Å². The van der Waals surface area contributed by atoms with Crippen LogP contribution in [-0.2, 0) is 11.3 Å². The highest BCUT2D eigenvalue weighted by Crippen LogP contribution is 2.28. The molecule has 230 valence electrons. The predicted molar refractivity (Wildman–Crippen MR) is 165 cm³/mol. The van der Waals surface area contributed by atoms with Gasteiger partial charge in [-0.25, -0.2) is 14.8 Å². The fourth-order valence-corrected chi connectivity index (χ4v) is 5.05. The van der Waals surface area contributed by atoms with Gasteiger partial charge in [0.25, 0.3) is 0 Å². The minimum Gasteiger partial charge on any atom is -0.497 e. The standard InChI is InChI=1S/C31H36N8O5/c1-21-15-28(36-30(34-21)38-12-11-32-20-38)39-14-13-37(31(41)35-23-6-8-25(42-2)9-7-23)19-24(39)17-29(40)33-18-22-5-10-26(43-3)27(16-22)44-4/h5-12,15-16,20,24H,13-14,17-19H2,1-4H3,(H,33,40)(H,35,41). The van der Waals surface area contributed by atoms with E-state index in [1.54, 1.807) is 79.8 Å². The van der Waals surface area contributed by atoms with Crippen LogP contribution in [0.1, 0.15) is 17.7 Å². The molecule has 13 nitrogen and oxygen atoms in total. The number of amides is 3. The van der Waals surface area contributed by atoms with E-state index in [-0.39, 0.29) is 24.4 Å². The van der Waals surface area contributed by atoms with Gasteiger partial charge in [-0.1, -0.05) is 6.07 Å². The second-order valence-electron chi connectivity index (χ2n) is 10.3. The minimum atomic E-state index is -0.347. The number of aromatic nitrogens is 4. The largest absolute Gasteiger partial charge is 0.497 e. The first-order chi connectivity index (χ1) is 21.4. The van der Waals surface area contributed by atoms with Crippen LogP contribution in [-0.4, -0.2) is 83.4 Å². The third-order valence-electron chi connectivity index (χ3n) is 7.33. The fourth-order valence-electron chi connectivity index (χ4n) is 5.05. The number of carbonyl (C=O) groups is 2. The van der Waals surface area contributed by atoms with Crippen LogP contribution in [0.3, 0.4) is 0 Å². The van der Waals surface area contributed by atoms with E-state index in [0.29, 0.717) is 60.9 Å². The maximum absolute atomic E-state index is 13.3. The lowest BCUT2D eigenvalue weighted by atomic mass is 10.1. The molecule has 0 radical (unpaired) electrons. The van der Waals surface area contributed by atoms with E-state index < -0.39 is 0 Å². The third-order valence-corrected chi connectivity index (χ3v) is 7.33. The van der Waals surface area contributed by atoms with Gasteiger partial charge in [-0.2, -0.15) is 4.98 Å². The summed E-state index contributed by atoms with van der Waals surface area (Å²) in [5, 5.41) is 5.96. The molecule has 0 saturated carbocycles. The number of ether oxygens (including phenoxy) is 3. The monoisotopic (exact) mass is 600 g/mol. The van der Waals surface area contributed by atoms with Gasteiger partial charge in [0.05, 0.1) is 27.4 Å². The van der Waals surface area contributed by atoms with E-state index in [0.717, 1.165) is 11.3 Å². The first-order valence-corrected chi connectivity index (χ1v) is 14.1. The quantitative estimate of drug-likeness (QED) is 0.281. The average molecular weight is 601 g/mol. The minimum absolute atomic E-state index is 0.142. The van der Waals surface area contributed by atoms with Gasteiger partial charge < -0.3 is 34.6 Å². The molecule has 5 rings (SSSR count). The lowest BCUT2D eigenvalue weighted by Crippen LogP contribution is -2.57. The van der Waals surface area contributed by atoms with Gasteiger partial charge in [-0.3, -0.25) is 9.36 Å². The zero-order valence-corrected chi connectivity index (χ0v) is 25.2. The molecule has 1 aliphatic rings. The number of methoxy groups -OCH3 is 3. The Kier molecular flexibility index (Phi) is 9.43. The topological polar surface area (TPSA) is 136 Å². The summed E-state index contributed by atoms with van der Waals surface area (Å²) in [5.74, 6) is 2.90. The molecule has 13 heteroatoms. The van der Waals surface area contributed by atoms with E-state index >= 15 is 0 Å². The summed E-state index contributed by atoms with van der Waals surface area (Å²) in [6, 6.07) is 14.0. The normalized spacial score (nSPS) is 14.6. The van der Waals surface area contributed by atoms with Crippen molar-refractivity contribution in [2.75, 3.05) is 51.2 Å². The second kappa shape index (κ2) is 13.8. The number of nitrogens with one attached hydrogen (secondary N) is 2. The van der Waals surface area contributed by atoms with E-state index in [1.165, 1.54) is 0 Å². The number of imidazole rings is 1. The molecule has 1 unspecified atom stereocenters. The summed E-state index contributed by atoms with van der Waals surface area (Å²) in [7, 11) is 4.74. The Labute approximate surface area is 255 Å². The predicted octanol–water partition coefficient (Wildman–Crippen LogP) is 3.43. The van der Waals surface area contributed by atoms with Gasteiger partial charge in [0.2, 0.25) is 11.9 Å². The Hall–Kier alpha value is -5.33. The average Bonchev–Trinajstić information content (AvgIpc) is 3.59. The highest BCUT2D eigenvalue weighted by atomic mass is 16.5. The van der Waals surface area contributed by atoms with E-state index in [9.17, 15) is 9.59 Å². The van der Waals surface area contributed by atoms with Crippen molar-refractivity contribution in [3.05, 3.63) is 78.5 Å². The molecular formula is C31H36N8O5. The van der Waals surface area contributed by atoms with Crippen LogP contribution in [0.25, 0.3) is 5.95 Å². The third kappa shape index (κ3) is 7.17. The number of piperazine rings is 1. The van der Waals surface area contributed by atoms with Crippen LogP contribution < -0.4 is 29.7 Å². The molecule has 0 bridgehead atoms. The SMILES string of the molecule is COc1ccc(NC(=O)N2CCN(c3cc(C)nc(-n4ccnc4)n3)C(CC(=O)NCc3ccc(OC)c(OC)c3)C2)cc1. The molecule has 44 heavy (non-hydrogen) atoms. The maximum atomic E-state index is 13.3. The number of hydrogen-bond acceptors (Lipinski definition) is 9. The molecule has 3 amide bonds. The van der Waals surface area contributed by atoms with Crippen molar-refractivity contribution in [3.63, 3.8) is 0 Å². The highest BCUT2D eigenvalue weighted by Gasteiger charge is 2.32. The summed E-state index contributed by atoms with van der Waals surface area (Å²) in [5.41, 5.74) is 2.29. The molecule has 0 aliphatic carbocycles. The zero-order valence-electron chi connectivity index (χ0n) is 25.2. The van der Waals surface area contributed by atoms with Crippen molar-refractivity contribution in [1.29, 1.82) is 0 Å². The van der Waals surface area contributed by atoms with Crippen LogP contribution in [0.4, 0.5) is 16.3 Å². The van der Waals surface area contributed by atoms with Crippen molar-refractivity contribution in [2.45, 2.75) is 25.9 Å². The Morgan fingerprint density at radius 1 is 0.955 bits per heavy atom. The summed E-state index contributed by atoms with van der Waals surface area (Å²) >= 11 is 0. The Balaban J connectivity index is 1.33. The van der Waals surface area contributed by atoms with Crippen molar-refractivity contribution in [1.82, 2.24) is 29.7 Å². The van der Waals surface area contributed by atoms with Gasteiger partial charge in [-0.15, -0.1) is 0 Å². The van der Waals surface area contributed by atoms with Gasteiger partial charge in [-0.05, 0) is 48.9 Å².